The SMILES string of the molecule is O=C1COc2c(CCCCCN(C(=O)CCOCCc3ccccc3Cl)C3CCCCC3)ccc(O)c2N1.O=CC(F)(F)F. The Hall–Kier alpha value is -3.31. The molecule has 0 unspecified atom stereocenters. The number of anilines is 1. The molecule has 1 aliphatic carbocycles. The zero-order valence-electron chi connectivity index (χ0n) is 24.7. The number of aromatic hydroxyl groups is 1. The van der Waals surface area contributed by atoms with Gasteiger partial charge < -0.3 is 24.8 Å². The van der Waals surface area contributed by atoms with Crippen LogP contribution in [0.4, 0.5) is 18.9 Å². The van der Waals surface area contributed by atoms with Crippen molar-refractivity contribution >= 4 is 35.4 Å². The number of hydrogen-bond donors (Lipinski definition) is 2. The number of aryl methyl sites for hydroxylation is 1. The molecule has 2 aromatic carbocycles. The molecule has 2 aliphatic rings. The van der Waals surface area contributed by atoms with E-state index in [9.17, 15) is 27.9 Å². The fourth-order valence-electron chi connectivity index (χ4n) is 5.38. The predicted molar refractivity (Wildman–Crippen MR) is 161 cm³/mol. The average Bonchev–Trinajstić information content (AvgIpc) is 3.01. The molecule has 1 fully saturated rings. The molecule has 4 rings (SSSR count). The minimum absolute atomic E-state index is 0.0197. The number of phenols is 1. The molecule has 0 radical (unpaired) electrons. The van der Waals surface area contributed by atoms with E-state index in [0.717, 1.165) is 67.6 Å². The minimum atomic E-state index is -4.64. The zero-order chi connectivity index (χ0) is 32.0. The van der Waals surface area contributed by atoms with E-state index in [2.05, 4.69) is 10.2 Å². The highest BCUT2D eigenvalue weighted by Crippen LogP contribution is 2.39. The number of hydrogen-bond acceptors (Lipinski definition) is 6. The summed E-state index contributed by atoms with van der Waals surface area (Å²) in [6.45, 7) is 1.71. The number of rotatable bonds is 13. The number of nitrogens with zero attached hydrogens (tertiary/aromatic N) is 1. The van der Waals surface area contributed by atoms with Crippen LogP contribution in [-0.2, 0) is 32.0 Å². The monoisotopic (exact) mass is 640 g/mol. The van der Waals surface area contributed by atoms with E-state index < -0.39 is 12.5 Å². The Morgan fingerprint density at radius 3 is 2.48 bits per heavy atom. The lowest BCUT2D eigenvalue weighted by molar-refractivity contribution is -0.156. The third kappa shape index (κ3) is 11.6. The van der Waals surface area contributed by atoms with Crippen molar-refractivity contribution in [3.8, 4) is 11.5 Å². The third-order valence-corrected chi connectivity index (χ3v) is 7.95. The average molecular weight is 641 g/mol. The highest BCUT2D eigenvalue weighted by atomic mass is 35.5. The number of phenolic OH excluding ortho intramolecular Hbond substituents is 1. The van der Waals surface area contributed by atoms with Crippen molar-refractivity contribution < 1.29 is 42.1 Å². The normalized spacial score (nSPS) is 14.9. The van der Waals surface area contributed by atoms with Crippen LogP contribution >= 0.6 is 11.6 Å². The summed E-state index contributed by atoms with van der Waals surface area (Å²) in [6.07, 6.45) is 4.88. The van der Waals surface area contributed by atoms with E-state index in [1.54, 1.807) is 6.07 Å². The highest BCUT2D eigenvalue weighted by molar-refractivity contribution is 6.31. The van der Waals surface area contributed by atoms with Crippen LogP contribution in [0.25, 0.3) is 0 Å². The van der Waals surface area contributed by atoms with E-state index in [4.69, 9.17) is 25.9 Å². The fourth-order valence-corrected chi connectivity index (χ4v) is 5.61. The topological polar surface area (TPSA) is 105 Å². The minimum Gasteiger partial charge on any atom is -0.506 e. The molecule has 0 aromatic heterocycles. The number of halogens is 4. The summed E-state index contributed by atoms with van der Waals surface area (Å²) < 4.78 is 42.6. The molecule has 2 N–H and O–H groups in total. The standard InChI is InChI=1S/C30H39ClN2O5.C2HF3O/c31-25-13-7-6-9-22(25)16-19-37-20-17-28(36)33(24-11-4-1-5-12-24)18-8-2-3-10-23-14-15-26(34)29-30(23)38-21-27(35)32-29;3-2(4,5)1-6/h6-7,9,13-15,24,34H,1-5,8,10-12,16-21H2,(H,32,35);1H. The molecule has 1 heterocycles. The molecular formula is C32H40ClF3N2O6. The molecule has 1 saturated carbocycles. The van der Waals surface area contributed by atoms with Crippen molar-refractivity contribution in [2.75, 3.05) is 31.7 Å². The molecule has 2 amide bonds. The Morgan fingerprint density at radius 2 is 1.77 bits per heavy atom. The van der Waals surface area contributed by atoms with Gasteiger partial charge in [-0.25, -0.2) is 0 Å². The molecule has 0 bridgehead atoms. The van der Waals surface area contributed by atoms with Gasteiger partial charge in [0.25, 0.3) is 5.91 Å². The largest absolute Gasteiger partial charge is 0.506 e. The number of unbranched alkanes of at least 4 members (excludes halogenated alkanes) is 2. The van der Waals surface area contributed by atoms with Crippen molar-refractivity contribution in [2.45, 2.75) is 82.8 Å². The first kappa shape index (κ1) is 35.2. The van der Waals surface area contributed by atoms with E-state index in [0.29, 0.717) is 37.1 Å². The van der Waals surface area contributed by atoms with Gasteiger partial charge in [-0.2, -0.15) is 13.2 Å². The smallest absolute Gasteiger partial charge is 0.446 e. The second kappa shape index (κ2) is 17.9. The summed E-state index contributed by atoms with van der Waals surface area (Å²) in [5.41, 5.74) is 2.40. The first-order valence-corrected chi connectivity index (χ1v) is 15.4. The number of benzene rings is 2. The first-order valence-electron chi connectivity index (χ1n) is 15.0. The zero-order valence-corrected chi connectivity index (χ0v) is 25.4. The summed E-state index contributed by atoms with van der Waals surface area (Å²) in [4.78, 5) is 35.6. The van der Waals surface area contributed by atoms with Crippen LogP contribution in [0.15, 0.2) is 36.4 Å². The number of nitrogens with one attached hydrogen (secondary N) is 1. The van der Waals surface area contributed by atoms with Gasteiger partial charge in [-0.15, -0.1) is 0 Å². The number of fused-ring (bicyclic) bond motifs is 1. The fraction of sp³-hybridized carbons (Fsp3) is 0.531. The van der Waals surface area contributed by atoms with E-state index in [1.807, 2.05) is 30.3 Å². The third-order valence-electron chi connectivity index (χ3n) is 7.58. The molecule has 242 valence electrons. The molecule has 0 saturated heterocycles. The maximum atomic E-state index is 13.2. The van der Waals surface area contributed by atoms with Crippen LogP contribution in [0, 0.1) is 0 Å². The maximum Gasteiger partial charge on any atom is 0.446 e. The van der Waals surface area contributed by atoms with Crippen LogP contribution in [0.2, 0.25) is 5.02 Å². The summed E-state index contributed by atoms with van der Waals surface area (Å²) in [7, 11) is 0. The van der Waals surface area contributed by atoms with Gasteiger partial charge in [0.1, 0.15) is 11.4 Å². The Balaban J connectivity index is 0.000000801. The van der Waals surface area contributed by atoms with Crippen molar-refractivity contribution in [3.63, 3.8) is 0 Å². The molecule has 1 aliphatic heterocycles. The summed E-state index contributed by atoms with van der Waals surface area (Å²) in [6, 6.07) is 11.6. The number of alkyl halides is 3. The van der Waals surface area contributed by atoms with Gasteiger partial charge in [-0.05, 0) is 61.8 Å². The van der Waals surface area contributed by atoms with Crippen LogP contribution in [0.5, 0.6) is 11.5 Å². The molecule has 8 nitrogen and oxygen atoms in total. The molecule has 0 spiro atoms. The number of ether oxygens (including phenoxy) is 2. The quantitative estimate of drug-likeness (QED) is 0.144. The Labute approximate surface area is 260 Å². The number of carbonyl (C=O) groups excluding carboxylic acids is 3. The Morgan fingerprint density at radius 1 is 1.05 bits per heavy atom. The van der Waals surface area contributed by atoms with E-state index in [1.165, 1.54) is 19.3 Å². The van der Waals surface area contributed by atoms with Crippen LogP contribution in [0.3, 0.4) is 0 Å². The molecule has 2 aromatic rings. The molecule has 0 atom stereocenters. The first-order chi connectivity index (χ1) is 21.1. The van der Waals surface area contributed by atoms with Gasteiger partial charge in [0, 0.05) is 17.6 Å². The van der Waals surface area contributed by atoms with Crippen LogP contribution in [0.1, 0.15) is 68.9 Å². The predicted octanol–water partition coefficient (Wildman–Crippen LogP) is 6.65. The van der Waals surface area contributed by atoms with Crippen molar-refractivity contribution in [1.82, 2.24) is 4.90 Å². The summed E-state index contributed by atoms with van der Waals surface area (Å²) in [5, 5.41) is 13.5. The van der Waals surface area contributed by atoms with Crippen molar-refractivity contribution in [2.24, 2.45) is 0 Å². The van der Waals surface area contributed by atoms with Gasteiger partial charge in [-0.1, -0.05) is 61.5 Å². The second-order valence-corrected chi connectivity index (χ2v) is 11.2. The van der Waals surface area contributed by atoms with Crippen molar-refractivity contribution in [3.05, 3.63) is 52.5 Å². The lowest BCUT2D eigenvalue weighted by Gasteiger charge is -2.34. The molecule has 12 heteroatoms. The Kier molecular flexibility index (Phi) is 14.3. The van der Waals surface area contributed by atoms with Gasteiger partial charge in [0.15, 0.2) is 12.4 Å². The number of amides is 2. The van der Waals surface area contributed by atoms with Gasteiger partial charge in [0.2, 0.25) is 12.2 Å². The van der Waals surface area contributed by atoms with Crippen LogP contribution < -0.4 is 10.1 Å². The lowest BCUT2D eigenvalue weighted by Crippen LogP contribution is -2.42. The highest BCUT2D eigenvalue weighted by Gasteiger charge is 2.26. The van der Waals surface area contributed by atoms with Gasteiger partial charge >= 0.3 is 6.18 Å². The molecule has 44 heavy (non-hydrogen) atoms. The van der Waals surface area contributed by atoms with Gasteiger partial charge in [-0.3, -0.25) is 14.4 Å². The van der Waals surface area contributed by atoms with Gasteiger partial charge in [0.05, 0.1) is 19.6 Å². The maximum absolute atomic E-state index is 13.2. The lowest BCUT2D eigenvalue weighted by atomic mass is 9.93. The van der Waals surface area contributed by atoms with Crippen molar-refractivity contribution in [1.29, 1.82) is 0 Å². The Bertz CT molecular complexity index is 1240. The molecular weight excluding hydrogens is 601 g/mol. The van der Waals surface area contributed by atoms with Crippen LogP contribution in [-0.4, -0.2) is 66.7 Å². The van der Waals surface area contributed by atoms with E-state index >= 15 is 0 Å². The number of carbonyl (C=O) groups is 3. The summed E-state index contributed by atoms with van der Waals surface area (Å²) >= 11 is 6.22. The number of aldehydes is 1. The summed E-state index contributed by atoms with van der Waals surface area (Å²) in [5.74, 6) is 0.513. The second-order valence-electron chi connectivity index (χ2n) is 10.8. The van der Waals surface area contributed by atoms with E-state index in [-0.39, 0.29) is 24.2 Å².